The molecule has 0 saturated heterocycles. The summed E-state index contributed by atoms with van der Waals surface area (Å²) in [6.07, 6.45) is 0.627. The minimum absolute atomic E-state index is 0.275. The second kappa shape index (κ2) is 4.76. The Kier molecular flexibility index (Phi) is 3.90. The fourth-order valence-corrected chi connectivity index (χ4v) is 2.55. The summed E-state index contributed by atoms with van der Waals surface area (Å²) >= 11 is 0. The van der Waals surface area contributed by atoms with Gasteiger partial charge in [0.2, 0.25) is 0 Å². The van der Waals surface area contributed by atoms with E-state index in [-0.39, 0.29) is 6.10 Å². The third kappa shape index (κ3) is 4.07. The lowest BCUT2D eigenvalue weighted by Crippen LogP contribution is -2.20. The molecule has 1 atom stereocenters. The fraction of sp³-hybridized carbons (Fsp3) is 0.500. The summed E-state index contributed by atoms with van der Waals surface area (Å²) in [5, 5.41) is 9.91. The first-order valence-electron chi connectivity index (χ1n) is 5.22. The number of aliphatic hydroxyl groups is 1. The van der Waals surface area contributed by atoms with Crippen molar-refractivity contribution in [2.24, 2.45) is 0 Å². The standard InChI is InChI=1S/C12H20OSi/c1-14(2,3)10-9-12(13)11-7-5-4-6-8-11/h4-8,12-13H,9-10H2,1-3H3. The highest BCUT2D eigenvalue weighted by Gasteiger charge is 2.16. The maximum atomic E-state index is 9.91. The fourth-order valence-electron chi connectivity index (χ4n) is 1.41. The number of aliphatic hydroxyl groups excluding tert-OH is 1. The van der Waals surface area contributed by atoms with Crippen molar-refractivity contribution < 1.29 is 5.11 Å². The van der Waals surface area contributed by atoms with E-state index in [1.54, 1.807) is 0 Å². The van der Waals surface area contributed by atoms with E-state index in [2.05, 4.69) is 19.6 Å². The van der Waals surface area contributed by atoms with Crippen molar-refractivity contribution in [1.82, 2.24) is 0 Å². The summed E-state index contributed by atoms with van der Waals surface area (Å²) < 4.78 is 0. The molecular weight excluding hydrogens is 188 g/mol. The van der Waals surface area contributed by atoms with E-state index in [0.717, 1.165) is 12.0 Å². The average molecular weight is 208 g/mol. The molecule has 0 fully saturated rings. The summed E-state index contributed by atoms with van der Waals surface area (Å²) in [6.45, 7) is 7.01. The number of hydrogen-bond acceptors (Lipinski definition) is 1. The van der Waals surface area contributed by atoms with Gasteiger partial charge in [-0.3, -0.25) is 0 Å². The normalized spacial score (nSPS) is 14.0. The third-order valence-electron chi connectivity index (χ3n) is 2.35. The molecular formula is C12H20OSi. The highest BCUT2D eigenvalue weighted by Crippen LogP contribution is 2.22. The maximum Gasteiger partial charge on any atom is 0.0787 e. The van der Waals surface area contributed by atoms with Crippen molar-refractivity contribution in [3.05, 3.63) is 35.9 Å². The van der Waals surface area contributed by atoms with E-state index in [9.17, 15) is 5.11 Å². The Labute approximate surface area is 87.8 Å². The summed E-state index contributed by atoms with van der Waals surface area (Å²) in [6, 6.07) is 11.1. The van der Waals surface area contributed by atoms with Gasteiger partial charge < -0.3 is 5.11 Å². The zero-order valence-electron chi connectivity index (χ0n) is 9.33. The number of hydrogen-bond donors (Lipinski definition) is 1. The van der Waals surface area contributed by atoms with Crippen LogP contribution in [0.4, 0.5) is 0 Å². The molecule has 0 aliphatic rings. The largest absolute Gasteiger partial charge is 0.388 e. The molecule has 14 heavy (non-hydrogen) atoms. The van der Waals surface area contributed by atoms with Gasteiger partial charge in [0.1, 0.15) is 0 Å². The van der Waals surface area contributed by atoms with Gasteiger partial charge in [-0.1, -0.05) is 56.0 Å². The van der Waals surface area contributed by atoms with Gasteiger partial charge in [0.15, 0.2) is 0 Å². The van der Waals surface area contributed by atoms with E-state index in [1.807, 2.05) is 30.3 Å². The SMILES string of the molecule is C[Si](C)(C)CCC(O)c1ccccc1. The molecule has 0 saturated carbocycles. The molecule has 1 rings (SSSR count). The molecule has 0 amide bonds. The van der Waals surface area contributed by atoms with Crippen molar-refractivity contribution in [2.75, 3.05) is 0 Å². The van der Waals surface area contributed by atoms with E-state index in [4.69, 9.17) is 0 Å². The van der Waals surface area contributed by atoms with Gasteiger partial charge >= 0.3 is 0 Å². The molecule has 0 aliphatic heterocycles. The molecule has 78 valence electrons. The summed E-state index contributed by atoms with van der Waals surface area (Å²) in [5.74, 6) is 0. The van der Waals surface area contributed by atoms with Crippen molar-refractivity contribution in [2.45, 2.75) is 38.2 Å². The van der Waals surface area contributed by atoms with Crippen LogP contribution >= 0.6 is 0 Å². The van der Waals surface area contributed by atoms with Crippen molar-refractivity contribution in [1.29, 1.82) is 0 Å². The molecule has 0 aliphatic carbocycles. The van der Waals surface area contributed by atoms with Crippen LogP contribution < -0.4 is 0 Å². The predicted molar refractivity (Wildman–Crippen MR) is 64.2 cm³/mol. The molecule has 1 N–H and O–H groups in total. The highest BCUT2D eigenvalue weighted by molar-refractivity contribution is 6.76. The van der Waals surface area contributed by atoms with E-state index in [1.165, 1.54) is 6.04 Å². The lowest BCUT2D eigenvalue weighted by Gasteiger charge is -2.18. The Bertz CT molecular complexity index is 263. The zero-order chi connectivity index (χ0) is 10.6. The van der Waals surface area contributed by atoms with Crippen LogP contribution in [-0.4, -0.2) is 13.2 Å². The van der Waals surface area contributed by atoms with E-state index >= 15 is 0 Å². The molecule has 0 bridgehead atoms. The Balaban J connectivity index is 2.48. The van der Waals surface area contributed by atoms with Crippen molar-refractivity contribution in [3.8, 4) is 0 Å². The Morgan fingerprint density at radius 3 is 2.21 bits per heavy atom. The van der Waals surface area contributed by atoms with Gasteiger partial charge in [0, 0.05) is 8.07 Å². The summed E-state index contributed by atoms with van der Waals surface area (Å²) in [4.78, 5) is 0. The van der Waals surface area contributed by atoms with Crippen LogP contribution in [0, 0.1) is 0 Å². The van der Waals surface area contributed by atoms with Gasteiger partial charge in [-0.2, -0.15) is 0 Å². The van der Waals surface area contributed by atoms with Gasteiger partial charge in [-0.25, -0.2) is 0 Å². The van der Waals surface area contributed by atoms with Crippen LogP contribution in [0.15, 0.2) is 30.3 Å². The predicted octanol–water partition coefficient (Wildman–Crippen LogP) is 3.45. The molecule has 1 aromatic carbocycles. The summed E-state index contributed by atoms with van der Waals surface area (Å²) in [7, 11) is -1.01. The van der Waals surface area contributed by atoms with Gasteiger partial charge in [-0.15, -0.1) is 0 Å². The third-order valence-corrected chi connectivity index (χ3v) is 4.14. The smallest absolute Gasteiger partial charge is 0.0787 e. The molecule has 1 aromatic rings. The number of benzene rings is 1. The minimum Gasteiger partial charge on any atom is -0.388 e. The first-order valence-corrected chi connectivity index (χ1v) is 8.93. The average Bonchev–Trinajstić information content (AvgIpc) is 2.14. The molecule has 0 radical (unpaired) electrons. The second-order valence-corrected chi connectivity index (χ2v) is 10.6. The molecule has 0 aromatic heterocycles. The number of rotatable bonds is 4. The maximum absolute atomic E-state index is 9.91. The van der Waals surface area contributed by atoms with Gasteiger partial charge in [-0.05, 0) is 12.0 Å². The first-order chi connectivity index (χ1) is 6.49. The van der Waals surface area contributed by atoms with Gasteiger partial charge in [0.05, 0.1) is 6.10 Å². The quantitative estimate of drug-likeness (QED) is 0.751. The van der Waals surface area contributed by atoms with Crippen LogP contribution in [0.2, 0.25) is 25.7 Å². The van der Waals surface area contributed by atoms with Gasteiger partial charge in [0.25, 0.3) is 0 Å². The second-order valence-electron chi connectivity index (χ2n) is 5.03. The van der Waals surface area contributed by atoms with Crippen LogP contribution in [-0.2, 0) is 0 Å². The Morgan fingerprint density at radius 2 is 1.71 bits per heavy atom. The van der Waals surface area contributed by atoms with Crippen molar-refractivity contribution >= 4 is 8.07 Å². The Hall–Kier alpha value is -0.603. The Morgan fingerprint density at radius 1 is 1.14 bits per heavy atom. The lowest BCUT2D eigenvalue weighted by molar-refractivity contribution is 0.173. The molecule has 0 heterocycles. The monoisotopic (exact) mass is 208 g/mol. The minimum atomic E-state index is -1.01. The topological polar surface area (TPSA) is 20.2 Å². The molecule has 1 nitrogen and oxygen atoms in total. The molecule has 0 spiro atoms. The van der Waals surface area contributed by atoms with Crippen LogP contribution in [0.25, 0.3) is 0 Å². The van der Waals surface area contributed by atoms with Crippen LogP contribution in [0.1, 0.15) is 18.1 Å². The summed E-state index contributed by atoms with van der Waals surface area (Å²) in [5.41, 5.74) is 1.05. The van der Waals surface area contributed by atoms with Crippen LogP contribution in [0.3, 0.4) is 0 Å². The lowest BCUT2D eigenvalue weighted by atomic mass is 10.1. The molecule has 1 unspecified atom stereocenters. The van der Waals surface area contributed by atoms with E-state index < -0.39 is 8.07 Å². The highest BCUT2D eigenvalue weighted by atomic mass is 28.3. The van der Waals surface area contributed by atoms with Crippen molar-refractivity contribution in [3.63, 3.8) is 0 Å². The van der Waals surface area contributed by atoms with Crippen LogP contribution in [0.5, 0.6) is 0 Å². The van der Waals surface area contributed by atoms with E-state index in [0.29, 0.717) is 0 Å². The zero-order valence-corrected chi connectivity index (χ0v) is 10.3. The first kappa shape index (κ1) is 11.5. The molecule has 2 heteroatoms.